The molecule has 1 saturated heterocycles. The molecular weight excluding hydrogens is 362 g/mol. The van der Waals surface area contributed by atoms with Gasteiger partial charge in [-0.3, -0.25) is 4.79 Å². The van der Waals surface area contributed by atoms with E-state index in [0.29, 0.717) is 16.0 Å². The van der Waals surface area contributed by atoms with Crippen LogP contribution in [0, 0.1) is 5.92 Å². The zero-order valence-electron chi connectivity index (χ0n) is 9.90. The van der Waals surface area contributed by atoms with Crippen LogP contribution in [0.15, 0.2) is 22.7 Å². The summed E-state index contributed by atoms with van der Waals surface area (Å²) < 4.78 is 0.608. The smallest absolute Gasteiger partial charge is 0.253 e. The van der Waals surface area contributed by atoms with Crippen LogP contribution >= 0.6 is 31.9 Å². The number of hydrogen-bond acceptors (Lipinski definition) is 2. The van der Waals surface area contributed by atoms with E-state index in [9.17, 15) is 9.90 Å². The minimum absolute atomic E-state index is 0.00539. The van der Waals surface area contributed by atoms with E-state index >= 15 is 0 Å². The Hall–Kier alpha value is -0.550. The van der Waals surface area contributed by atoms with Crippen LogP contribution in [-0.4, -0.2) is 34.3 Å². The van der Waals surface area contributed by atoms with Gasteiger partial charge in [0.05, 0.1) is 4.47 Å². The van der Waals surface area contributed by atoms with Crippen LogP contribution in [0.5, 0.6) is 5.75 Å². The molecule has 0 atom stereocenters. The van der Waals surface area contributed by atoms with Gasteiger partial charge in [0.2, 0.25) is 0 Å². The minimum atomic E-state index is 0.00539. The number of carbonyl (C=O) groups is 1. The summed E-state index contributed by atoms with van der Waals surface area (Å²) in [6.45, 7) is 1.60. The first-order valence-corrected chi connectivity index (χ1v) is 7.87. The molecule has 1 aromatic rings. The summed E-state index contributed by atoms with van der Waals surface area (Å²) in [5.74, 6) is 0.786. The SMILES string of the molecule is O=C(c1ccc(Br)c(O)c1)N1CCC(CBr)CC1. The molecule has 0 radical (unpaired) electrons. The summed E-state index contributed by atoms with van der Waals surface area (Å²) in [7, 11) is 0. The molecule has 1 aromatic carbocycles. The van der Waals surface area contributed by atoms with Crippen molar-refractivity contribution in [2.45, 2.75) is 12.8 Å². The summed E-state index contributed by atoms with van der Waals surface area (Å²) in [6, 6.07) is 4.96. The highest BCUT2D eigenvalue weighted by atomic mass is 79.9. The van der Waals surface area contributed by atoms with Gasteiger partial charge in [-0.05, 0) is 52.9 Å². The molecule has 0 spiro atoms. The van der Waals surface area contributed by atoms with E-state index in [1.54, 1.807) is 12.1 Å². The number of piperidine rings is 1. The van der Waals surface area contributed by atoms with Crippen molar-refractivity contribution >= 4 is 37.8 Å². The Morgan fingerprint density at radius 2 is 2.06 bits per heavy atom. The van der Waals surface area contributed by atoms with E-state index in [4.69, 9.17) is 0 Å². The number of aromatic hydroxyl groups is 1. The second-order valence-electron chi connectivity index (χ2n) is 4.56. The van der Waals surface area contributed by atoms with E-state index in [0.717, 1.165) is 31.3 Å². The number of benzene rings is 1. The maximum Gasteiger partial charge on any atom is 0.253 e. The summed E-state index contributed by atoms with van der Waals surface area (Å²) in [5, 5.41) is 10.6. The zero-order chi connectivity index (χ0) is 13.1. The molecule has 0 bridgehead atoms. The van der Waals surface area contributed by atoms with E-state index in [-0.39, 0.29) is 11.7 Å². The number of amides is 1. The maximum absolute atomic E-state index is 12.2. The fraction of sp³-hybridized carbons (Fsp3) is 0.462. The lowest BCUT2D eigenvalue weighted by atomic mass is 9.98. The quantitative estimate of drug-likeness (QED) is 0.803. The number of hydrogen-bond donors (Lipinski definition) is 1. The Bertz CT molecular complexity index is 443. The summed E-state index contributed by atoms with van der Waals surface area (Å²) >= 11 is 6.70. The van der Waals surface area contributed by atoms with Crippen LogP contribution in [0.3, 0.4) is 0 Å². The van der Waals surface area contributed by atoms with E-state index in [1.807, 2.05) is 4.90 Å². The normalized spacial score (nSPS) is 16.9. The van der Waals surface area contributed by atoms with E-state index in [2.05, 4.69) is 31.9 Å². The molecule has 1 heterocycles. The highest BCUT2D eigenvalue weighted by Crippen LogP contribution is 2.26. The highest BCUT2D eigenvalue weighted by Gasteiger charge is 2.23. The zero-order valence-corrected chi connectivity index (χ0v) is 13.1. The molecule has 0 aromatic heterocycles. The molecule has 18 heavy (non-hydrogen) atoms. The minimum Gasteiger partial charge on any atom is -0.507 e. The van der Waals surface area contributed by atoms with Gasteiger partial charge in [0.1, 0.15) is 5.75 Å². The first kappa shape index (κ1) is 13.9. The Balaban J connectivity index is 2.05. The molecule has 5 heteroatoms. The first-order chi connectivity index (χ1) is 8.61. The third-order valence-corrected chi connectivity index (χ3v) is 4.90. The van der Waals surface area contributed by atoms with Gasteiger partial charge >= 0.3 is 0 Å². The standard InChI is InChI=1S/C13H15Br2NO2/c14-8-9-3-5-16(6-4-9)13(18)10-1-2-11(15)12(17)7-10/h1-2,7,9,17H,3-6,8H2. The number of alkyl halides is 1. The molecule has 1 aliphatic rings. The van der Waals surface area contributed by atoms with Gasteiger partial charge < -0.3 is 10.0 Å². The van der Waals surface area contributed by atoms with Crippen molar-refractivity contribution in [3.8, 4) is 5.75 Å². The van der Waals surface area contributed by atoms with Gasteiger partial charge in [-0.1, -0.05) is 15.9 Å². The van der Waals surface area contributed by atoms with E-state index < -0.39 is 0 Å². The first-order valence-electron chi connectivity index (χ1n) is 5.95. The topological polar surface area (TPSA) is 40.5 Å². The van der Waals surface area contributed by atoms with Crippen molar-refractivity contribution < 1.29 is 9.90 Å². The Kier molecular flexibility index (Phi) is 4.67. The van der Waals surface area contributed by atoms with Crippen LogP contribution in [0.4, 0.5) is 0 Å². The summed E-state index contributed by atoms with van der Waals surface area (Å²) in [5.41, 5.74) is 0.549. The van der Waals surface area contributed by atoms with Crippen molar-refractivity contribution in [1.29, 1.82) is 0 Å². The third kappa shape index (κ3) is 3.06. The predicted molar refractivity (Wildman–Crippen MR) is 78.2 cm³/mol. The number of halogens is 2. The van der Waals surface area contributed by atoms with Crippen molar-refractivity contribution in [3.63, 3.8) is 0 Å². The van der Waals surface area contributed by atoms with Crippen molar-refractivity contribution in [3.05, 3.63) is 28.2 Å². The summed E-state index contributed by atoms with van der Waals surface area (Å²) in [6.07, 6.45) is 2.08. The summed E-state index contributed by atoms with van der Waals surface area (Å²) in [4.78, 5) is 14.1. The van der Waals surface area contributed by atoms with Gasteiger partial charge in [0.15, 0.2) is 0 Å². The van der Waals surface area contributed by atoms with Gasteiger partial charge in [-0.15, -0.1) is 0 Å². The van der Waals surface area contributed by atoms with Gasteiger partial charge in [-0.25, -0.2) is 0 Å². The van der Waals surface area contributed by atoms with Crippen LogP contribution in [0.25, 0.3) is 0 Å². The highest BCUT2D eigenvalue weighted by molar-refractivity contribution is 9.10. The van der Waals surface area contributed by atoms with Gasteiger partial charge in [0.25, 0.3) is 5.91 Å². The molecule has 1 N–H and O–H groups in total. The molecule has 1 fully saturated rings. The average Bonchev–Trinajstić information content (AvgIpc) is 2.41. The number of phenols is 1. The Morgan fingerprint density at radius 1 is 1.39 bits per heavy atom. The van der Waals surface area contributed by atoms with Crippen LogP contribution in [0.2, 0.25) is 0 Å². The fourth-order valence-electron chi connectivity index (χ4n) is 2.12. The molecule has 0 unspecified atom stereocenters. The fourth-order valence-corrected chi connectivity index (χ4v) is 3.01. The molecule has 3 nitrogen and oxygen atoms in total. The second-order valence-corrected chi connectivity index (χ2v) is 6.06. The maximum atomic E-state index is 12.2. The number of likely N-dealkylation sites (tertiary alicyclic amines) is 1. The van der Waals surface area contributed by atoms with Crippen molar-refractivity contribution in [2.24, 2.45) is 5.92 Å². The molecule has 1 aliphatic heterocycles. The largest absolute Gasteiger partial charge is 0.507 e. The Labute approximate surface area is 123 Å². The van der Waals surface area contributed by atoms with Gasteiger partial charge in [-0.2, -0.15) is 0 Å². The molecule has 1 amide bonds. The van der Waals surface area contributed by atoms with Crippen LogP contribution in [0.1, 0.15) is 23.2 Å². The molecule has 0 aliphatic carbocycles. The number of phenolic OH excluding ortho intramolecular Hbond substituents is 1. The monoisotopic (exact) mass is 375 g/mol. The van der Waals surface area contributed by atoms with E-state index in [1.165, 1.54) is 6.07 Å². The molecule has 98 valence electrons. The number of carbonyl (C=O) groups excluding carboxylic acids is 1. The lowest BCUT2D eigenvalue weighted by molar-refractivity contribution is 0.0698. The third-order valence-electron chi connectivity index (χ3n) is 3.31. The number of rotatable bonds is 2. The molecule has 0 saturated carbocycles. The second kappa shape index (κ2) is 6.06. The predicted octanol–water partition coefficient (Wildman–Crippen LogP) is 3.40. The van der Waals surface area contributed by atoms with Crippen molar-refractivity contribution in [2.75, 3.05) is 18.4 Å². The number of nitrogens with zero attached hydrogens (tertiary/aromatic N) is 1. The van der Waals surface area contributed by atoms with Gasteiger partial charge in [0, 0.05) is 24.0 Å². The lowest BCUT2D eigenvalue weighted by Gasteiger charge is -2.31. The van der Waals surface area contributed by atoms with Crippen LogP contribution < -0.4 is 0 Å². The molecule has 2 rings (SSSR count). The van der Waals surface area contributed by atoms with Crippen LogP contribution in [-0.2, 0) is 0 Å². The Morgan fingerprint density at radius 3 is 2.61 bits per heavy atom. The lowest BCUT2D eigenvalue weighted by Crippen LogP contribution is -2.38. The average molecular weight is 377 g/mol. The van der Waals surface area contributed by atoms with Crippen molar-refractivity contribution in [1.82, 2.24) is 4.90 Å². The molecular formula is C13H15Br2NO2.